The third kappa shape index (κ3) is 3.10. The van der Waals surface area contributed by atoms with E-state index in [4.69, 9.17) is 9.97 Å². The van der Waals surface area contributed by atoms with Crippen LogP contribution in [0.4, 0.5) is 17.1 Å². The highest BCUT2D eigenvalue weighted by molar-refractivity contribution is 6.07. The van der Waals surface area contributed by atoms with Crippen molar-refractivity contribution >= 4 is 39.0 Å². The summed E-state index contributed by atoms with van der Waals surface area (Å²) in [5.41, 5.74) is 14.9. The molecular formula is C41H26N4. The van der Waals surface area contributed by atoms with E-state index in [1.54, 1.807) is 0 Å². The van der Waals surface area contributed by atoms with E-state index in [2.05, 4.69) is 143 Å². The molecule has 10 rings (SSSR count). The van der Waals surface area contributed by atoms with Gasteiger partial charge in [0.15, 0.2) is 0 Å². The Morgan fingerprint density at radius 1 is 0.489 bits per heavy atom. The molecule has 0 radical (unpaired) electrons. The molecule has 1 aliphatic carbocycles. The zero-order valence-corrected chi connectivity index (χ0v) is 24.3. The quantitative estimate of drug-likeness (QED) is 0.206. The Labute approximate surface area is 260 Å². The van der Waals surface area contributed by atoms with Crippen LogP contribution in [0.15, 0.2) is 158 Å². The largest absolute Gasteiger partial charge is 0.308 e. The molecule has 3 aromatic heterocycles. The van der Waals surface area contributed by atoms with Crippen molar-refractivity contribution in [2.24, 2.45) is 0 Å². The molecule has 0 unspecified atom stereocenters. The topological polar surface area (TPSA) is 34.0 Å². The highest BCUT2D eigenvalue weighted by Gasteiger charge is 2.51. The van der Waals surface area contributed by atoms with Gasteiger partial charge in [0.25, 0.3) is 0 Å². The summed E-state index contributed by atoms with van der Waals surface area (Å²) in [4.78, 5) is 12.0. The first-order chi connectivity index (χ1) is 22.4. The van der Waals surface area contributed by atoms with Crippen molar-refractivity contribution in [1.82, 2.24) is 14.5 Å². The van der Waals surface area contributed by atoms with E-state index in [9.17, 15) is 0 Å². The van der Waals surface area contributed by atoms with Gasteiger partial charge in [-0.2, -0.15) is 0 Å². The van der Waals surface area contributed by atoms with Gasteiger partial charge in [0.1, 0.15) is 0 Å². The van der Waals surface area contributed by atoms with E-state index in [1.807, 2.05) is 24.7 Å². The molecule has 0 fully saturated rings. The number of fused-ring (bicyclic) bond motifs is 12. The molecule has 0 amide bonds. The number of anilines is 3. The fraction of sp³-hybridized carbons (Fsp3) is 0.0244. The molecule has 4 nitrogen and oxygen atoms in total. The zero-order chi connectivity index (χ0) is 29.5. The molecule has 0 atom stereocenters. The van der Waals surface area contributed by atoms with Gasteiger partial charge in [0.2, 0.25) is 0 Å². The number of para-hydroxylation sites is 3. The van der Waals surface area contributed by atoms with E-state index in [-0.39, 0.29) is 0 Å². The predicted molar refractivity (Wildman–Crippen MR) is 182 cm³/mol. The number of benzene rings is 5. The third-order valence-electron chi connectivity index (χ3n) is 9.70. The molecule has 0 N–H and O–H groups in total. The van der Waals surface area contributed by atoms with Crippen molar-refractivity contribution < 1.29 is 0 Å². The van der Waals surface area contributed by atoms with Crippen LogP contribution in [0.5, 0.6) is 0 Å². The molecule has 8 aromatic rings. The fourth-order valence-corrected chi connectivity index (χ4v) is 8.06. The molecule has 0 saturated carbocycles. The minimum absolute atomic E-state index is 0.430. The summed E-state index contributed by atoms with van der Waals surface area (Å²) in [6, 6.07) is 50.5. The van der Waals surface area contributed by atoms with Crippen LogP contribution in [-0.2, 0) is 5.41 Å². The second kappa shape index (κ2) is 9.01. The molecular weight excluding hydrogens is 548 g/mol. The van der Waals surface area contributed by atoms with Crippen molar-refractivity contribution in [3.8, 4) is 16.8 Å². The summed E-state index contributed by atoms with van der Waals surface area (Å²) in [6.07, 6.45) is 5.80. The Hall–Kier alpha value is -6.00. The van der Waals surface area contributed by atoms with Gasteiger partial charge in [-0.15, -0.1) is 0 Å². The van der Waals surface area contributed by atoms with Crippen LogP contribution in [0, 0.1) is 0 Å². The van der Waals surface area contributed by atoms with E-state index < -0.39 is 5.41 Å². The smallest absolute Gasteiger partial charge is 0.0963 e. The number of aromatic nitrogens is 3. The van der Waals surface area contributed by atoms with Gasteiger partial charge in [-0.05, 0) is 69.8 Å². The molecule has 2 aliphatic rings. The van der Waals surface area contributed by atoms with E-state index in [0.29, 0.717) is 0 Å². The fourth-order valence-electron chi connectivity index (χ4n) is 8.06. The molecule has 1 spiro atoms. The maximum atomic E-state index is 4.85. The summed E-state index contributed by atoms with van der Waals surface area (Å²) >= 11 is 0. The van der Waals surface area contributed by atoms with Crippen LogP contribution < -0.4 is 4.90 Å². The normalized spacial score (nSPS) is 13.9. The summed E-state index contributed by atoms with van der Waals surface area (Å²) < 4.78 is 2.28. The molecule has 4 heterocycles. The zero-order valence-electron chi connectivity index (χ0n) is 24.3. The van der Waals surface area contributed by atoms with Crippen LogP contribution in [0.25, 0.3) is 38.8 Å². The first-order valence-electron chi connectivity index (χ1n) is 15.3. The maximum absolute atomic E-state index is 4.85. The van der Waals surface area contributed by atoms with Crippen molar-refractivity contribution in [2.75, 3.05) is 4.90 Å². The molecule has 45 heavy (non-hydrogen) atoms. The standard InChI is InChI=1S/C41H26N4/c1-4-15-32-29(12-1)30-13-2-5-16-33(30)41(32)34-17-6-9-20-37(34)45(38-21-10-7-18-35(38)41)28-24-27(25-42-26-28)44-36-19-8-3-14-31(36)40-39(44)22-11-23-43-40/h1-26H. The minimum atomic E-state index is -0.430. The lowest BCUT2D eigenvalue weighted by molar-refractivity contribution is 0.752. The monoisotopic (exact) mass is 574 g/mol. The van der Waals surface area contributed by atoms with Gasteiger partial charge < -0.3 is 9.47 Å². The van der Waals surface area contributed by atoms with Crippen molar-refractivity contribution in [2.45, 2.75) is 5.41 Å². The summed E-state index contributed by atoms with van der Waals surface area (Å²) in [5, 5.41) is 1.13. The Morgan fingerprint density at radius 2 is 1.04 bits per heavy atom. The van der Waals surface area contributed by atoms with Crippen molar-refractivity contribution in [3.05, 3.63) is 180 Å². The van der Waals surface area contributed by atoms with Crippen molar-refractivity contribution in [1.29, 1.82) is 0 Å². The van der Waals surface area contributed by atoms with Crippen LogP contribution in [0.3, 0.4) is 0 Å². The lowest BCUT2D eigenvalue weighted by atomic mass is 9.64. The second-order valence-corrected chi connectivity index (χ2v) is 11.8. The van der Waals surface area contributed by atoms with E-state index >= 15 is 0 Å². The van der Waals surface area contributed by atoms with Gasteiger partial charge >= 0.3 is 0 Å². The number of rotatable bonds is 2. The van der Waals surface area contributed by atoms with Crippen LogP contribution in [0.2, 0.25) is 0 Å². The highest BCUT2D eigenvalue weighted by atomic mass is 15.2. The van der Waals surface area contributed by atoms with E-state index in [0.717, 1.165) is 44.7 Å². The van der Waals surface area contributed by atoms with Gasteiger partial charge in [-0.25, -0.2) is 0 Å². The number of nitrogens with zero attached hydrogens (tertiary/aromatic N) is 4. The van der Waals surface area contributed by atoms with Crippen molar-refractivity contribution in [3.63, 3.8) is 0 Å². The molecule has 0 bridgehead atoms. The van der Waals surface area contributed by atoms with Crippen LogP contribution in [-0.4, -0.2) is 14.5 Å². The second-order valence-electron chi connectivity index (χ2n) is 11.8. The summed E-state index contributed by atoms with van der Waals surface area (Å²) in [5.74, 6) is 0. The Morgan fingerprint density at radius 3 is 1.76 bits per heavy atom. The van der Waals surface area contributed by atoms with Gasteiger partial charge in [-0.3, -0.25) is 9.97 Å². The van der Waals surface area contributed by atoms with E-state index in [1.165, 1.54) is 33.4 Å². The van der Waals surface area contributed by atoms with Gasteiger partial charge in [0, 0.05) is 11.6 Å². The Balaban J connectivity index is 1.26. The number of hydrogen-bond donors (Lipinski definition) is 0. The highest BCUT2D eigenvalue weighted by Crippen LogP contribution is 2.63. The minimum Gasteiger partial charge on any atom is -0.308 e. The summed E-state index contributed by atoms with van der Waals surface area (Å²) in [7, 11) is 0. The molecule has 0 saturated heterocycles. The first-order valence-corrected chi connectivity index (χ1v) is 15.3. The van der Waals surface area contributed by atoms with Crippen LogP contribution in [0.1, 0.15) is 22.3 Å². The predicted octanol–water partition coefficient (Wildman–Crippen LogP) is 9.72. The average molecular weight is 575 g/mol. The lowest BCUT2D eigenvalue weighted by Gasteiger charge is -2.45. The van der Waals surface area contributed by atoms with Gasteiger partial charge in [-0.1, -0.05) is 103 Å². The number of hydrogen-bond acceptors (Lipinski definition) is 3. The first kappa shape index (κ1) is 24.4. The molecule has 210 valence electrons. The lowest BCUT2D eigenvalue weighted by Crippen LogP contribution is -2.36. The molecule has 5 aromatic carbocycles. The maximum Gasteiger partial charge on any atom is 0.0963 e. The van der Waals surface area contributed by atoms with Gasteiger partial charge in [0.05, 0.1) is 57.1 Å². The SMILES string of the molecule is c1ccc2c(c1)-c1ccccc1C21c2ccccc2N(c2cncc(-n3c4ccccc4c4ncccc43)c2)c2ccccc21. The number of pyridine rings is 2. The Kier molecular flexibility index (Phi) is 4.89. The molecule has 4 heteroatoms. The third-order valence-corrected chi connectivity index (χ3v) is 9.70. The van der Waals surface area contributed by atoms with Crippen LogP contribution >= 0.6 is 0 Å². The Bertz CT molecular complexity index is 2320. The average Bonchev–Trinajstić information content (AvgIpc) is 3.60. The molecule has 1 aliphatic heterocycles. The summed E-state index contributed by atoms with van der Waals surface area (Å²) in [6.45, 7) is 0.